The van der Waals surface area contributed by atoms with E-state index in [2.05, 4.69) is 6.58 Å². The average molecular weight is 146 g/mol. The molecule has 0 N–H and O–H groups in total. The molecule has 1 atom stereocenters. The zero-order valence-electron chi connectivity index (χ0n) is 4.29. The molecule has 0 bridgehead atoms. The molecular weight excluding hydrogens is 140 g/mol. The number of hydrogen-bond donors (Lipinski definition) is 0. The molecule has 1 nitrogen and oxygen atoms in total. The van der Waals surface area contributed by atoms with Crippen molar-refractivity contribution < 1.29 is 4.74 Å². The molecule has 3 heteroatoms. The molecule has 0 spiro atoms. The summed E-state index contributed by atoms with van der Waals surface area (Å²) < 4.78 is 5.63. The summed E-state index contributed by atoms with van der Waals surface area (Å²) in [4.78, 5) is 0. The van der Waals surface area contributed by atoms with Crippen LogP contribution in [0.5, 0.6) is 0 Å². The molecule has 0 saturated carbocycles. The fourth-order valence-electron chi connectivity index (χ4n) is 0.458. The van der Waals surface area contributed by atoms with Crippen molar-refractivity contribution in [1.29, 1.82) is 0 Å². The standard InChI is InChI=1S/C5H6OS2/c1-2-4-3-6-5(7)8-4/h2,4H,1,3H2. The highest BCUT2D eigenvalue weighted by Crippen LogP contribution is 2.22. The summed E-state index contributed by atoms with van der Waals surface area (Å²) in [7, 11) is 0. The summed E-state index contributed by atoms with van der Waals surface area (Å²) in [5, 5.41) is 0.391. The number of ether oxygens (including phenoxy) is 1. The van der Waals surface area contributed by atoms with E-state index in [1.54, 1.807) is 11.8 Å². The molecule has 0 aliphatic carbocycles. The topological polar surface area (TPSA) is 9.23 Å². The van der Waals surface area contributed by atoms with Crippen LogP contribution in [0, 0.1) is 0 Å². The summed E-state index contributed by atoms with van der Waals surface area (Å²) >= 11 is 6.31. The van der Waals surface area contributed by atoms with E-state index in [0.717, 1.165) is 0 Å². The maximum Gasteiger partial charge on any atom is 0.220 e. The lowest BCUT2D eigenvalue weighted by Gasteiger charge is -1.90. The first-order chi connectivity index (χ1) is 3.83. The van der Waals surface area contributed by atoms with E-state index in [9.17, 15) is 0 Å². The third kappa shape index (κ3) is 1.23. The van der Waals surface area contributed by atoms with Crippen molar-refractivity contribution in [3.05, 3.63) is 12.7 Å². The van der Waals surface area contributed by atoms with Gasteiger partial charge >= 0.3 is 0 Å². The first-order valence-corrected chi connectivity index (χ1v) is 3.57. The molecule has 1 heterocycles. The van der Waals surface area contributed by atoms with E-state index in [1.807, 2.05) is 6.08 Å². The van der Waals surface area contributed by atoms with Crippen LogP contribution in [0.2, 0.25) is 0 Å². The van der Waals surface area contributed by atoms with Gasteiger partial charge in [-0.05, 0) is 12.2 Å². The van der Waals surface area contributed by atoms with Gasteiger partial charge in [-0.1, -0.05) is 17.8 Å². The van der Waals surface area contributed by atoms with Gasteiger partial charge in [0, 0.05) is 0 Å². The largest absolute Gasteiger partial charge is 0.477 e. The van der Waals surface area contributed by atoms with Crippen molar-refractivity contribution in [3.63, 3.8) is 0 Å². The third-order valence-corrected chi connectivity index (χ3v) is 2.22. The minimum Gasteiger partial charge on any atom is -0.477 e. The number of thiocarbonyl (C=S) groups is 1. The van der Waals surface area contributed by atoms with Gasteiger partial charge in [-0.25, -0.2) is 0 Å². The summed E-state index contributed by atoms with van der Waals surface area (Å²) in [6, 6.07) is 0. The van der Waals surface area contributed by atoms with Gasteiger partial charge < -0.3 is 4.74 Å². The molecule has 0 radical (unpaired) electrons. The van der Waals surface area contributed by atoms with Crippen molar-refractivity contribution in [3.8, 4) is 0 Å². The van der Waals surface area contributed by atoms with Gasteiger partial charge in [0.1, 0.15) is 6.61 Å². The summed E-state index contributed by atoms with van der Waals surface area (Å²) in [5.41, 5.74) is 0. The molecule has 1 saturated heterocycles. The first kappa shape index (κ1) is 6.11. The van der Waals surface area contributed by atoms with Crippen LogP contribution in [-0.4, -0.2) is 16.2 Å². The van der Waals surface area contributed by atoms with E-state index in [4.69, 9.17) is 17.0 Å². The monoisotopic (exact) mass is 146 g/mol. The van der Waals surface area contributed by atoms with Crippen LogP contribution in [0.4, 0.5) is 0 Å². The predicted octanol–water partition coefficient (Wildman–Crippen LogP) is 1.59. The summed E-state index contributed by atoms with van der Waals surface area (Å²) in [5.74, 6) is 0. The van der Waals surface area contributed by atoms with E-state index in [1.165, 1.54) is 0 Å². The lowest BCUT2D eigenvalue weighted by atomic mass is 10.4. The smallest absolute Gasteiger partial charge is 0.220 e. The quantitative estimate of drug-likeness (QED) is 0.410. The van der Waals surface area contributed by atoms with E-state index in [-0.39, 0.29) is 0 Å². The Morgan fingerprint density at radius 2 is 2.75 bits per heavy atom. The number of hydrogen-bond acceptors (Lipinski definition) is 3. The Morgan fingerprint density at radius 1 is 2.00 bits per heavy atom. The van der Waals surface area contributed by atoms with Crippen LogP contribution >= 0.6 is 24.0 Å². The SMILES string of the molecule is C=CC1COC(=S)S1. The molecule has 1 aliphatic heterocycles. The molecule has 1 fully saturated rings. The molecule has 8 heavy (non-hydrogen) atoms. The Labute approximate surface area is 58.1 Å². The van der Waals surface area contributed by atoms with Crippen LogP contribution in [0.15, 0.2) is 12.7 Å². The molecular formula is C5H6OS2. The normalized spacial score (nSPS) is 27.5. The predicted molar refractivity (Wildman–Crippen MR) is 40.1 cm³/mol. The highest BCUT2D eigenvalue weighted by atomic mass is 32.2. The Bertz CT molecular complexity index is 122. The lowest BCUT2D eigenvalue weighted by molar-refractivity contribution is 0.347. The van der Waals surface area contributed by atoms with Gasteiger partial charge in [-0.2, -0.15) is 0 Å². The van der Waals surface area contributed by atoms with Gasteiger partial charge in [0.15, 0.2) is 0 Å². The van der Waals surface area contributed by atoms with Gasteiger partial charge in [-0.3, -0.25) is 0 Å². The van der Waals surface area contributed by atoms with Crippen LogP contribution < -0.4 is 0 Å². The summed E-state index contributed by atoms with van der Waals surface area (Å²) in [6.45, 7) is 4.32. The van der Waals surface area contributed by atoms with Crippen LogP contribution in [0.25, 0.3) is 0 Å². The van der Waals surface area contributed by atoms with E-state index >= 15 is 0 Å². The van der Waals surface area contributed by atoms with Crippen molar-refractivity contribution >= 4 is 28.4 Å². The number of rotatable bonds is 1. The lowest BCUT2D eigenvalue weighted by Crippen LogP contribution is -1.95. The average Bonchev–Trinajstić information content (AvgIpc) is 2.14. The molecule has 0 aromatic carbocycles. The highest BCUT2D eigenvalue weighted by Gasteiger charge is 2.17. The van der Waals surface area contributed by atoms with Crippen LogP contribution in [0.3, 0.4) is 0 Å². The van der Waals surface area contributed by atoms with Crippen molar-refractivity contribution in [2.75, 3.05) is 6.61 Å². The molecule has 0 amide bonds. The maximum absolute atomic E-state index is 4.98. The van der Waals surface area contributed by atoms with Crippen LogP contribution in [0.1, 0.15) is 0 Å². The maximum atomic E-state index is 4.98. The third-order valence-electron chi connectivity index (χ3n) is 0.876. The highest BCUT2D eigenvalue weighted by molar-refractivity contribution is 8.23. The van der Waals surface area contributed by atoms with E-state index in [0.29, 0.717) is 16.2 Å². The van der Waals surface area contributed by atoms with E-state index < -0.39 is 0 Å². The van der Waals surface area contributed by atoms with Gasteiger partial charge in [0.25, 0.3) is 0 Å². The molecule has 1 unspecified atom stereocenters. The fraction of sp³-hybridized carbons (Fsp3) is 0.400. The first-order valence-electron chi connectivity index (χ1n) is 2.29. The van der Waals surface area contributed by atoms with Crippen molar-refractivity contribution in [1.82, 2.24) is 0 Å². The zero-order valence-corrected chi connectivity index (χ0v) is 5.93. The van der Waals surface area contributed by atoms with Crippen LogP contribution in [-0.2, 0) is 4.74 Å². The molecule has 0 aromatic rings. The molecule has 1 aliphatic rings. The van der Waals surface area contributed by atoms with Crippen molar-refractivity contribution in [2.24, 2.45) is 0 Å². The second kappa shape index (κ2) is 2.51. The second-order valence-corrected chi connectivity index (χ2v) is 3.29. The van der Waals surface area contributed by atoms with Crippen molar-refractivity contribution in [2.45, 2.75) is 5.25 Å². The second-order valence-electron chi connectivity index (χ2n) is 1.45. The number of thioether (sulfide) groups is 1. The van der Waals surface area contributed by atoms with Gasteiger partial charge in [-0.15, -0.1) is 6.58 Å². The molecule has 0 aromatic heterocycles. The Balaban J connectivity index is 2.43. The minimum absolute atomic E-state index is 0.391. The van der Waals surface area contributed by atoms with Gasteiger partial charge in [0.05, 0.1) is 5.25 Å². The van der Waals surface area contributed by atoms with Gasteiger partial charge in [0.2, 0.25) is 4.38 Å². The summed E-state index contributed by atoms with van der Waals surface area (Å²) in [6.07, 6.45) is 1.85. The Morgan fingerprint density at radius 3 is 3.00 bits per heavy atom. The molecule has 44 valence electrons. The Kier molecular flexibility index (Phi) is 1.91. The Hall–Kier alpha value is -0.0200. The zero-order chi connectivity index (χ0) is 5.98. The molecule has 1 rings (SSSR count). The fourth-order valence-corrected chi connectivity index (χ4v) is 1.51. The minimum atomic E-state index is 0.391.